The molecule has 1 atom stereocenters. The predicted molar refractivity (Wildman–Crippen MR) is 129 cm³/mol. The summed E-state index contributed by atoms with van der Waals surface area (Å²) in [4.78, 5) is 40.4. The normalized spacial score (nSPS) is 13.3. The van der Waals surface area contributed by atoms with Crippen LogP contribution in [0.25, 0.3) is 0 Å². The van der Waals surface area contributed by atoms with Gasteiger partial charge in [-0.15, -0.1) is 0 Å². The Labute approximate surface area is 205 Å². The average molecular weight is 485 g/mol. The molecule has 1 aliphatic rings. The second kappa shape index (κ2) is 12.2. The Morgan fingerprint density at radius 1 is 1.09 bits per heavy atom. The molecule has 0 radical (unpaired) electrons. The number of nitrogens with one attached hydrogen (secondary N) is 1. The van der Waals surface area contributed by atoms with Crippen LogP contribution in [0.2, 0.25) is 0 Å². The third-order valence-electron chi connectivity index (χ3n) is 5.69. The molecule has 35 heavy (non-hydrogen) atoms. The van der Waals surface area contributed by atoms with Crippen molar-refractivity contribution in [1.82, 2.24) is 10.2 Å². The molecule has 2 amide bonds. The summed E-state index contributed by atoms with van der Waals surface area (Å²) in [5, 5.41) is 2.92. The van der Waals surface area contributed by atoms with Gasteiger partial charge in [0, 0.05) is 20.2 Å². The van der Waals surface area contributed by atoms with Gasteiger partial charge in [0.05, 0.1) is 50.5 Å². The van der Waals surface area contributed by atoms with Crippen molar-refractivity contribution in [3.8, 4) is 11.5 Å². The molecule has 0 unspecified atom stereocenters. The van der Waals surface area contributed by atoms with Gasteiger partial charge >= 0.3 is 5.97 Å². The minimum atomic E-state index is -0.705. The van der Waals surface area contributed by atoms with Crippen molar-refractivity contribution in [1.29, 1.82) is 0 Å². The number of carbonyl (C=O) groups excluding carboxylic acids is 3. The van der Waals surface area contributed by atoms with Crippen LogP contribution in [0.1, 0.15) is 58.2 Å². The number of benzene rings is 2. The first-order valence-electron chi connectivity index (χ1n) is 11.6. The van der Waals surface area contributed by atoms with E-state index in [-0.39, 0.29) is 24.5 Å². The van der Waals surface area contributed by atoms with Gasteiger partial charge in [-0.3, -0.25) is 14.4 Å². The minimum Gasteiger partial charge on any atom is -0.493 e. The molecule has 0 bridgehead atoms. The molecule has 1 aliphatic heterocycles. The fourth-order valence-corrected chi connectivity index (χ4v) is 4.04. The first-order chi connectivity index (χ1) is 16.9. The Hall–Kier alpha value is -3.59. The van der Waals surface area contributed by atoms with Gasteiger partial charge in [0.2, 0.25) is 0 Å². The number of ether oxygens (including phenoxy) is 4. The van der Waals surface area contributed by atoms with Crippen LogP contribution in [0.3, 0.4) is 0 Å². The lowest BCUT2D eigenvalue weighted by atomic mass is 9.99. The van der Waals surface area contributed by atoms with E-state index < -0.39 is 17.9 Å². The minimum absolute atomic E-state index is 0.0837. The summed E-state index contributed by atoms with van der Waals surface area (Å²) in [6.45, 7) is 5.54. The van der Waals surface area contributed by atoms with Gasteiger partial charge in [-0.05, 0) is 43.2 Å². The number of carbonyl (C=O) groups is 3. The van der Waals surface area contributed by atoms with E-state index in [4.69, 9.17) is 18.9 Å². The van der Waals surface area contributed by atoms with E-state index in [1.807, 2.05) is 13.0 Å². The average Bonchev–Trinajstić information content (AvgIpc) is 3.18. The van der Waals surface area contributed by atoms with Crippen molar-refractivity contribution in [3.63, 3.8) is 0 Å². The molecule has 1 heterocycles. The maximum absolute atomic E-state index is 13.4. The van der Waals surface area contributed by atoms with E-state index in [0.717, 1.165) is 5.56 Å². The SMILES string of the molecule is CCOC(=O)C[C@H](NC(=O)c1cccc2c1C(=O)N(CCOC)C2)c1ccc(OCC)c(OC)c1. The number of hydrogen-bond donors (Lipinski definition) is 1. The molecule has 2 aromatic rings. The zero-order valence-corrected chi connectivity index (χ0v) is 20.6. The molecule has 0 saturated carbocycles. The van der Waals surface area contributed by atoms with Crippen LogP contribution in [-0.2, 0) is 20.8 Å². The molecule has 0 aromatic heterocycles. The second-order valence-electron chi connectivity index (χ2n) is 7.94. The van der Waals surface area contributed by atoms with Gasteiger partial charge in [0.25, 0.3) is 11.8 Å². The Bertz CT molecular complexity index is 1070. The molecule has 0 aliphatic carbocycles. The van der Waals surface area contributed by atoms with Crippen LogP contribution in [0.15, 0.2) is 36.4 Å². The molecule has 0 spiro atoms. The first-order valence-corrected chi connectivity index (χ1v) is 11.6. The van der Waals surface area contributed by atoms with Crippen molar-refractivity contribution in [2.45, 2.75) is 32.9 Å². The summed E-state index contributed by atoms with van der Waals surface area (Å²) >= 11 is 0. The summed E-state index contributed by atoms with van der Waals surface area (Å²) in [7, 11) is 3.10. The lowest BCUT2D eigenvalue weighted by Crippen LogP contribution is -2.33. The van der Waals surface area contributed by atoms with E-state index in [9.17, 15) is 14.4 Å². The Kier molecular flexibility index (Phi) is 9.08. The second-order valence-corrected chi connectivity index (χ2v) is 7.94. The summed E-state index contributed by atoms with van der Waals surface area (Å²) in [5.41, 5.74) is 2.07. The Morgan fingerprint density at radius 2 is 1.89 bits per heavy atom. The molecule has 188 valence electrons. The van der Waals surface area contributed by atoms with Crippen LogP contribution >= 0.6 is 0 Å². The fourth-order valence-electron chi connectivity index (χ4n) is 4.04. The maximum atomic E-state index is 13.4. The first kappa shape index (κ1) is 26.0. The molecule has 0 fully saturated rings. The zero-order valence-electron chi connectivity index (χ0n) is 20.6. The molecule has 0 saturated heterocycles. The highest BCUT2D eigenvalue weighted by molar-refractivity contribution is 6.09. The van der Waals surface area contributed by atoms with E-state index in [1.165, 1.54) is 7.11 Å². The van der Waals surface area contributed by atoms with Gasteiger partial charge in [0.15, 0.2) is 11.5 Å². The molecular formula is C26H32N2O7. The van der Waals surface area contributed by atoms with Crippen LogP contribution < -0.4 is 14.8 Å². The van der Waals surface area contributed by atoms with Crippen molar-refractivity contribution in [2.24, 2.45) is 0 Å². The van der Waals surface area contributed by atoms with Crippen LogP contribution in [0, 0.1) is 0 Å². The molecular weight excluding hydrogens is 452 g/mol. The van der Waals surface area contributed by atoms with Crippen molar-refractivity contribution >= 4 is 17.8 Å². The topological polar surface area (TPSA) is 103 Å². The molecule has 9 heteroatoms. The molecule has 2 aromatic carbocycles. The maximum Gasteiger partial charge on any atom is 0.308 e. The summed E-state index contributed by atoms with van der Waals surface area (Å²) in [6.07, 6.45) is -0.0837. The van der Waals surface area contributed by atoms with E-state index >= 15 is 0 Å². The Morgan fingerprint density at radius 3 is 2.57 bits per heavy atom. The quantitative estimate of drug-likeness (QED) is 0.462. The third-order valence-corrected chi connectivity index (χ3v) is 5.69. The van der Waals surface area contributed by atoms with Crippen molar-refractivity contribution in [3.05, 3.63) is 58.7 Å². The number of fused-ring (bicyclic) bond motifs is 1. The van der Waals surface area contributed by atoms with E-state index in [1.54, 1.807) is 49.3 Å². The standard InChI is InChI=1S/C26H32N2O7/c1-5-34-21-11-10-17(14-22(21)33-4)20(15-23(29)35-6-2)27-25(30)19-9-7-8-18-16-28(12-13-32-3)26(31)24(18)19/h7-11,14,20H,5-6,12-13,15-16H2,1-4H3,(H,27,30)/t20-/m0/s1. The number of methoxy groups -OCH3 is 2. The largest absolute Gasteiger partial charge is 0.493 e. The van der Waals surface area contributed by atoms with Gasteiger partial charge in [0.1, 0.15) is 0 Å². The molecule has 3 rings (SSSR count). The van der Waals surface area contributed by atoms with Crippen molar-refractivity contribution in [2.75, 3.05) is 40.6 Å². The highest BCUT2D eigenvalue weighted by atomic mass is 16.5. The third kappa shape index (κ3) is 6.10. The predicted octanol–water partition coefficient (Wildman–Crippen LogP) is 3.12. The van der Waals surface area contributed by atoms with Gasteiger partial charge in [-0.2, -0.15) is 0 Å². The van der Waals surface area contributed by atoms with Gasteiger partial charge in [-0.25, -0.2) is 0 Å². The summed E-state index contributed by atoms with van der Waals surface area (Å²) < 4.78 is 21.2. The van der Waals surface area contributed by atoms with E-state index in [2.05, 4.69) is 5.32 Å². The summed E-state index contributed by atoms with van der Waals surface area (Å²) in [6, 6.07) is 9.73. The number of esters is 1. The number of amides is 2. The zero-order chi connectivity index (χ0) is 25.4. The van der Waals surface area contributed by atoms with Crippen LogP contribution in [-0.4, -0.2) is 63.3 Å². The molecule has 1 N–H and O–H groups in total. The lowest BCUT2D eigenvalue weighted by Gasteiger charge is -2.21. The molecule has 9 nitrogen and oxygen atoms in total. The van der Waals surface area contributed by atoms with Crippen molar-refractivity contribution < 1.29 is 33.3 Å². The van der Waals surface area contributed by atoms with E-state index in [0.29, 0.717) is 48.9 Å². The van der Waals surface area contributed by atoms with Crippen LogP contribution in [0.5, 0.6) is 11.5 Å². The fraction of sp³-hybridized carbons (Fsp3) is 0.423. The Balaban J connectivity index is 1.90. The van der Waals surface area contributed by atoms with Gasteiger partial charge in [-0.1, -0.05) is 18.2 Å². The van der Waals surface area contributed by atoms with Crippen LogP contribution in [0.4, 0.5) is 0 Å². The summed E-state index contributed by atoms with van der Waals surface area (Å²) in [5.74, 6) is -0.0798. The van der Waals surface area contributed by atoms with Gasteiger partial charge < -0.3 is 29.2 Å². The monoisotopic (exact) mass is 484 g/mol. The highest BCUT2D eigenvalue weighted by Crippen LogP contribution is 2.32. The smallest absolute Gasteiger partial charge is 0.308 e. The highest BCUT2D eigenvalue weighted by Gasteiger charge is 2.32. The number of rotatable bonds is 12. The lowest BCUT2D eigenvalue weighted by molar-refractivity contribution is -0.143. The number of hydrogen-bond acceptors (Lipinski definition) is 7. The number of nitrogens with zero attached hydrogens (tertiary/aromatic N) is 1.